The second-order valence-corrected chi connectivity index (χ2v) is 17.9. The Morgan fingerprint density at radius 2 is 1.18 bits per heavy atom. The van der Waals surface area contributed by atoms with E-state index < -0.39 is 25.6 Å². The molecule has 0 aliphatic rings. The number of aryl methyl sites for hydroxylation is 1. The maximum absolute atomic E-state index is 12.1. The van der Waals surface area contributed by atoms with E-state index >= 15 is 0 Å². The first-order valence-electron chi connectivity index (χ1n) is 21.2. The maximum Gasteiger partial charge on any atom is 0.295 e. The Balaban J connectivity index is 1.15. The van der Waals surface area contributed by atoms with Gasteiger partial charge in [-0.15, -0.1) is 29.1 Å². The molecule has 0 saturated heterocycles. The van der Waals surface area contributed by atoms with Crippen molar-refractivity contribution in [2.45, 2.75) is 21.6 Å². The van der Waals surface area contributed by atoms with Crippen molar-refractivity contribution in [1.82, 2.24) is 0 Å². The SMILES string of the molecule is COC=Nc1cc(N=Nc2cc(OC)c(N=Nc3c(SOOO)cc4cc(N=Nc5ccc(O)cc5)ccc4c3O)cc2C)c(OC)cc1N=Nc1ccc(C=Cc2ccc([N+](=O)[O-])cc2S(=O)(=O)O)c(SOOO)c1. The molecular weight excluding hydrogens is 1060 g/mol. The molecule has 7 aromatic carbocycles. The molecule has 29 heteroatoms. The monoisotopic (exact) mass is 1090 g/mol. The normalized spacial score (nSPS) is 12.2. The Morgan fingerprint density at radius 3 is 1.87 bits per heavy atom. The topological polar surface area (TPSA) is 354 Å². The van der Waals surface area contributed by atoms with Crippen LogP contribution >= 0.6 is 24.1 Å². The van der Waals surface area contributed by atoms with E-state index in [4.69, 9.17) is 29.1 Å². The van der Waals surface area contributed by atoms with Gasteiger partial charge in [0, 0.05) is 34.5 Å². The summed E-state index contributed by atoms with van der Waals surface area (Å²) in [6, 6.07) is 26.4. The Hall–Kier alpha value is -8.62. The molecule has 0 fully saturated rings. The third-order valence-corrected chi connectivity index (χ3v) is 12.5. The van der Waals surface area contributed by atoms with E-state index in [9.17, 15) is 33.3 Å². The zero-order valence-electron chi connectivity index (χ0n) is 39.5. The van der Waals surface area contributed by atoms with Crippen molar-refractivity contribution in [3.05, 3.63) is 136 Å². The molecule has 0 atom stereocenters. The molecule has 5 N–H and O–H groups in total. The van der Waals surface area contributed by atoms with E-state index in [1.165, 1.54) is 75.9 Å². The number of phenolic OH excluding ortho intramolecular Hbond substituents is 2. The summed E-state index contributed by atoms with van der Waals surface area (Å²) in [4.78, 5) is 14.5. The molecule has 0 bridgehead atoms. The van der Waals surface area contributed by atoms with Gasteiger partial charge in [0.25, 0.3) is 15.8 Å². The number of hydrogen-bond acceptors (Lipinski definition) is 26. The number of non-ortho nitro benzene ring substituents is 1. The lowest BCUT2D eigenvalue weighted by molar-refractivity contribution is -0.432. The van der Waals surface area contributed by atoms with Gasteiger partial charge in [0.1, 0.15) is 44.9 Å². The standard InChI is InChI=1S/C47H38N10O16S3/c1-26-17-39(55-56-46-44(75-73-71-63)19-29-18-31(12-16-35(29)47(46)59)50-49-30-10-14-34(58)15-11-30)41(68-3)23-36(26)52-54-40-22-37(48-25-67-2)38(24-42(40)69-4)53-51-32-9-7-27(43(20-32)74-72-70-62)5-6-28-8-13-33(57(60)61)21-45(28)76(64,65)66/h5-25,58-59,62-63H,1-4H3,(H,64,65,66). The molecule has 0 amide bonds. The summed E-state index contributed by atoms with van der Waals surface area (Å²) in [5.41, 5.74) is 2.71. The van der Waals surface area contributed by atoms with Crippen molar-refractivity contribution in [3.63, 3.8) is 0 Å². The van der Waals surface area contributed by atoms with Crippen molar-refractivity contribution >= 4 is 120 Å². The van der Waals surface area contributed by atoms with E-state index in [1.807, 2.05) is 0 Å². The third kappa shape index (κ3) is 13.9. The zero-order valence-corrected chi connectivity index (χ0v) is 42.0. The number of fused-ring (bicyclic) bond motifs is 1. The number of phenols is 2. The molecule has 7 aromatic rings. The molecule has 0 heterocycles. The summed E-state index contributed by atoms with van der Waals surface area (Å²) >= 11 is 1.11. The highest BCUT2D eigenvalue weighted by molar-refractivity contribution is 7.95. The first-order valence-corrected chi connectivity index (χ1v) is 24.1. The summed E-state index contributed by atoms with van der Waals surface area (Å²) in [6.07, 6.45) is 3.87. The van der Waals surface area contributed by atoms with Crippen LogP contribution in [0.25, 0.3) is 22.9 Å². The van der Waals surface area contributed by atoms with Crippen LogP contribution in [-0.2, 0) is 33.6 Å². The quantitative estimate of drug-likeness (QED) is 0.00484. The Morgan fingerprint density at radius 1 is 0.605 bits per heavy atom. The molecule has 0 aromatic heterocycles. The van der Waals surface area contributed by atoms with Crippen LogP contribution in [-0.4, -0.2) is 66.4 Å². The first-order chi connectivity index (χ1) is 36.6. The predicted octanol–water partition coefficient (Wildman–Crippen LogP) is 14.7. The van der Waals surface area contributed by atoms with Gasteiger partial charge >= 0.3 is 0 Å². The predicted molar refractivity (Wildman–Crippen MR) is 276 cm³/mol. The molecule has 26 nitrogen and oxygen atoms in total. The summed E-state index contributed by atoms with van der Waals surface area (Å²) < 4.78 is 59.6. The van der Waals surface area contributed by atoms with Crippen LogP contribution in [0.5, 0.6) is 23.0 Å². The number of aromatic hydroxyl groups is 2. The largest absolute Gasteiger partial charge is 0.508 e. The van der Waals surface area contributed by atoms with Gasteiger partial charge in [-0.05, 0) is 108 Å². The van der Waals surface area contributed by atoms with Gasteiger partial charge in [-0.1, -0.05) is 28.3 Å². The molecular formula is C47H38N10O16S3. The summed E-state index contributed by atoms with van der Waals surface area (Å²) in [6.45, 7) is 1.74. The number of hydrogen-bond donors (Lipinski definition) is 5. The number of methoxy groups -OCH3 is 3. The van der Waals surface area contributed by atoms with E-state index in [1.54, 1.807) is 55.5 Å². The van der Waals surface area contributed by atoms with E-state index in [-0.39, 0.29) is 72.5 Å². The number of nitro benzene ring substituents is 1. The molecule has 0 saturated carbocycles. The number of ether oxygens (including phenoxy) is 3. The lowest BCUT2D eigenvalue weighted by Crippen LogP contribution is -2.02. The van der Waals surface area contributed by atoms with Gasteiger partial charge in [-0.25, -0.2) is 15.5 Å². The molecule has 0 spiro atoms. The summed E-state index contributed by atoms with van der Waals surface area (Å²) in [5, 5.41) is 93.2. The van der Waals surface area contributed by atoms with Crippen LogP contribution in [0, 0.1) is 17.0 Å². The van der Waals surface area contributed by atoms with Crippen LogP contribution in [0.15, 0.2) is 170 Å². The van der Waals surface area contributed by atoms with Crippen LogP contribution < -0.4 is 9.47 Å². The van der Waals surface area contributed by atoms with Crippen LogP contribution in [0.4, 0.5) is 56.9 Å². The second kappa shape index (κ2) is 25.6. The number of nitro groups is 1. The zero-order chi connectivity index (χ0) is 54.4. The fraction of sp³-hybridized carbons (Fsp3) is 0.0851. The number of benzene rings is 7. The fourth-order valence-electron chi connectivity index (χ4n) is 6.69. The minimum Gasteiger partial charge on any atom is -0.508 e. The fourth-order valence-corrected chi connectivity index (χ4v) is 8.39. The molecule has 0 aliphatic heterocycles. The lowest BCUT2D eigenvalue weighted by Gasteiger charge is -2.11. The Bertz CT molecular complexity index is 3600. The van der Waals surface area contributed by atoms with Crippen molar-refractivity contribution in [2.75, 3.05) is 21.3 Å². The highest BCUT2D eigenvalue weighted by atomic mass is 32.2. The van der Waals surface area contributed by atoms with Crippen LogP contribution in [0.3, 0.4) is 0 Å². The van der Waals surface area contributed by atoms with E-state index in [0.717, 1.165) is 24.6 Å². The molecule has 0 unspecified atom stereocenters. The highest BCUT2D eigenvalue weighted by Gasteiger charge is 2.20. The average Bonchev–Trinajstić information content (AvgIpc) is 3.41. The minimum atomic E-state index is -4.86. The van der Waals surface area contributed by atoms with E-state index in [0.29, 0.717) is 63.0 Å². The van der Waals surface area contributed by atoms with Crippen LogP contribution in [0.2, 0.25) is 0 Å². The van der Waals surface area contributed by atoms with E-state index in [2.05, 4.69) is 60.3 Å². The van der Waals surface area contributed by atoms with Gasteiger partial charge in [-0.2, -0.15) is 28.9 Å². The number of aliphatic imine (C=N–C) groups is 1. The molecule has 390 valence electrons. The number of rotatable bonds is 22. The molecule has 0 aliphatic carbocycles. The highest BCUT2D eigenvalue weighted by Crippen LogP contribution is 2.47. The number of nitrogens with zero attached hydrogens (tertiary/aromatic N) is 10. The summed E-state index contributed by atoms with van der Waals surface area (Å²) in [7, 11) is -0.653. The van der Waals surface area contributed by atoms with Crippen molar-refractivity contribution in [1.29, 1.82) is 0 Å². The van der Waals surface area contributed by atoms with Crippen molar-refractivity contribution in [3.8, 4) is 23.0 Å². The van der Waals surface area contributed by atoms with Gasteiger partial charge in [-0.3, -0.25) is 14.7 Å². The molecule has 76 heavy (non-hydrogen) atoms. The minimum absolute atomic E-state index is 0.0322. The van der Waals surface area contributed by atoms with Gasteiger partial charge in [0.05, 0.1) is 83.7 Å². The molecule has 7 rings (SSSR count). The smallest absolute Gasteiger partial charge is 0.295 e. The van der Waals surface area contributed by atoms with Crippen molar-refractivity contribution < 1.29 is 71.6 Å². The second-order valence-electron chi connectivity index (χ2n) is 15.0. The van der Waals surface area contributed by atoms with Crippen molar-refractivity contribution in [2.24, 2.45) is 45.9 Å². The first kappa shape index (κ1) is 55.1. The van der Waals surface area contributed by atoms with Gasteiger partial charge in [0.2, 0.25) is 0 Å². The average molecular weight is 1100 g/mol. The lowest BCUT2D eigenvalue weighted by atomic mass is 10.1. The Kier molecular flexibility index (Phi) is 18.5. The van der Waals surface area contributed by atoms with Crippen LogP contribution in [0.1, 0.15) is 16.7 Å². The molecule has 0 radical (unpaired) electrons. The summed E-state index contributed by atoms with van der Waals surface area (Å²) in [5.74, 6) is 0.241. The number of azo groups is 4. The Labute approximate surface area is 438 Å². The third-order valence-electron chi connectivity index (χ3n) is 10.3. The van der Waals surface area contributed by atoms with Gasteiger partial charge < -0.3 is 24.4 Å². The van der Waals surface area contributed by atoms with Gasteiger partial charge in [0.15, 0.2) is 12.2 Å². The maximum atomic E-state index is 12.1.